The monoisotopic (exact) mass is 275 g/mol. The van der Waals surface area contributed by atoms with E-state index in [1.807, 2.05) is 24.3 Å². The Balaban J connectivity index is 1.80. The number of nitrogens with one attached hydrogen (secondary N) is 1. The zero-order valence-electron chi connectivity index (χ0n) is 12.4. The lowest BCUT2D eigenvalue weighted by molar-refractivity contribution is -0.122. The summed E-state index contributed by atoms with van der Waals surface area (Å²) in [7, 11) is 2.13. The largest absolute Gasteiger partial charge is 0.399 e. The van der Waals surface area contributed by atoms with Crippen LogP contribution in [0.4, 0.5) is 5.69 Å². The summed E-state index contributed by atoms with van der Waals surface area (Å²) in [6, 6.07) is 8.13. The Labute approximate surface area is 121 Å². The van der Waals surface area contributed by atoms with Crippen LogP contribution in [0, 0.1) is 0 Å². The van der Waals surface area contributed by atoms with Crippen LogP contribution in [0.3, 0.4) is 0 Å². The first kappa shape index (κ1) is 14.9. The predicted molar refractivity (Wildman–Crippen MR) is 82.5 cm³/mol. The van der Waals surface area contributed by atoms with E-state index in [2.05, 4.69) is 24.2 Å². The van der Waals surface area contributed by atoms with E-state index in [0.29, 0.717) is 12.5 Å². The number of nitrogen functional groups attached to an aromatic ring is 1. The molecule has 1 unspecified atom stereocenters. The van der Waals surface area contributed by atoms with Crippen LogP contribution >= 0.6 is 0 Å². The van der Waals surface area contributed by atoms with E-state index >= 15 is 0 Å². The summed E-state index contributed by atoms with van der Waals surface area (Å²) < 4.78 is 0. The molecule has 0 aromatic heterocycles. The van der Waals surface area contributed by atoms with Crippen LogP contribution in [0.1, 0.15) is 37.7 Å². The van der Waals surface area contributed by atoms with Gasteiger partial charge in [0.2, 0.25) is 5.91 Å². The average molecular weight is 275 g/mol. The number of nitrogens with two attached hydrogens (primary N) is 1. The van der Waals surface area contributed by atoms with Crippen molar-refractivity contribution in [3.05, 3.63) is 29.8 Å². The third-order valence-corrected chi connectivity index (χ3v) is 4.08. The highest BCUT2D eigenvalue weighted by Gasteiger charge is 2.19. The molecule has 1 fully saturated rings. The molecule has 2 rings (SSSR count). The third kappa shape index (κ3) is 4.23. The number of anilines is 1. The van der Waals surface area contributed by atoms with Crippen molar-refractivity contribution in [3.63, 3.8) is 0 Å². The number of hydrogen-bond acceptors (Lipinski definition) is 3. The lowest BCUT2D eigenvalue weighted by Gasteiger charge is -2.29. The molecule has 0 saturated carbocycles. The minimum Gasteiger partial charge on any atom is -0.399 e. The lowest BCUT2D eigenvalue weighted by Crippen LogP contribution is -2.43. The van der Waals surface area contributed by atoms with Crippen LogP contribution in [0.5, 0.6) is 0 Å². The standard InChI is InChI=1S/C16H25N3O/c1-12(13-3-5-14(17)6-4-13)11-16(20)18-15-7-9-19(2)10-8-15/h3-6,12,15H,7-11,17H2,1-2H3,(H,18,20). The summed E-state index contributed by atoms with van der Waals surface area (Å²) in [5.41, 5.74) is 7.61. The highest BCUT2D eigenvalue weighted by molar-refractivity contribution is 5.77. The molecule has 110 valence electrons. The minimum atomic E-state index is 0.156. The van der Waals surface area contributed by atoms with Gasteiger partial charge in [-0.05, 0) is 56.6 Å². The second kappa shape index (κ2) is 6.75. The zero-order chi connectivity index (χ0) is 14.5. The number of carbonyl (C=O) groups excluding carboxylic acids is 1. The number of hydrogen-bond donors (Lipinski definition) is 2. The van der Waals surface area contributed by atoms with Crippen molar-refractivity contribution >= 4 is 11.6 Å². The molecule has 4 nitrogen and oxygen atoms in total. The summed E-state index contributed by atoms with van der Waals surface area (Å²) in [5, 5.41) is 3.16. The molecule has 1 aliphatic heterocycles. The first-order valence-corrected chi connectivity index (χ1v) is 7.38. The van der Waals surface area contributed by atoms with Crippen LogP contribution in [0.25, 0.3) is 0 Å². The smallest absolute Gasteiger partial charge is 0.220 e. The van der Waals surface area contributed by atoms with Crippen molar-refractivity contribution in [2.45, 2.75) is 38.1 Å². The number of amides is 1. The Kier molecular flexibility index (Phi) is 5.01. The molecule has 1 saturated heterocycles. The molecule has 4 heteroatoms. The molecule has 0 radical (unpaired) electrons. The van der Waals surface area contributed by atoms with Crippen molar-refractivity contribution in [2.75, 3.05) is 25.9 Å². The molecule has 1 heterocycles. The summed E-state index contributed by atoms with van der Waals surface area (Å²) >= 11 is 0. The highest BCUT2D eigenvalue weighted by atomic mass is 16.1. The number of carbonyl (C=O) groups is 1. The fourth-order valence-corrected chi connectivity index (χ4v) is 2.66. The lowest BCUT2D eigenvalue weighted by atomic mass is 9.96. The Morgan fingerprint density at radius 3 is 2.55 bits per heavy atom. The first-order chi connectivity index (χ1) is 9.54. The molecule has 3 N–H and O–H groups in total. The van der Waals surface area contributed by atoms with Gasteiger partial charge in [0.15, 0.2) is 0 Å². The number of likely N-dealkylation sites (tertiary alicyclic amines) is 1. The predicted octanol–water partition coefficient (Wildman–Crippen LogP) is 1.97. The van der Waals surface area contributed by atoms with E-state index in [4.69, 9.17) is 5.73 Å². The van der Waals surface area contributed by atoms with Gasteiger partial charge in [0.25, 0.3) is 0 Å². The quantitative estimate of drug-likeness (QED) is 0.826. The van der Waals surface area contributed by atoms with E-state index < -0.39 is 0 Å². The van der Waals surface area contributed by atoms with Gasteiger partial charge in [-0.25, -0.2) is 0 Å². The summed E-state index contributed by atoms with van der Waals surface area (Å²) in [5.74, 6) is 0.380. The first-order valence-electron chi connectivity index (χ1n) is 7.38. The van der Waals surface area contributed by atoms with E-state index in [9.17, 15) is 4.79 Å². The normalized spacial score (nSPS) is 18.7. The van der Waals surface area contributed by atoms with Gasteiger partial charge in [-0.2, -0.15) is 0 Å². The van der Waals surface area contributed by atoms with Gasteiger partial charge in [0, 0.05) is 18.2 Å². The molecule has 0 spiro atoms. The number of nitrogens with zero attached hydrogens (tertiary/aromatic N) is 1. The maximum absolute atomic E-state index is 12.1. The fourth-order valence-electron chi connectivity index (χ4n) is 2.66. The van der Waals surface area contributed by atoms with Gasteiger partial charge >= 0.3 is 0 Å². The maximum atomic E-state index is 12.1. The Bertz CT molecular complexity index is 436. The van der Waals surface area contributed by atoms with Gasteiger partial charge in [-0.3, -0.25) is 4.79 Å². The van der Waals surface area contributed by atoms with Crippen LogP contribution in [0.2, 0.25) is 0 Å². The van der Waals surface area contributed by atoms with E-state index in [1.165, 1.54) is 0 Å². The van der Waals surface area contributed by atoms with Crippen molar-refractivity contribution in [2.24, 2.45) is 0 Å². The summed E-state index contributed by atoms with van der Waals surface area (Å²) in [6.07, 6.45) is 2.65. The molecule has 1 aromatic carbocycles. The van der Waals surface area contributed by atoms with Crippen molar-refractivity contribution in [3.8, 4) is 0 Å². The maximum Gasteiger partial charge on any atom is 0.220 e. The molecule has 1 amide bonds. The van der Waals surface area contributed by atoms with Crippen LogP contribution < -0.4 is 11.1 Å². The fraction of sp³-hybridized carbons (Fsp3) is 0.562. The van der Waals surface area contributed by atoms with Gasteiger partial charge in [0.05, 0.1) is 0 Å². The Morgan fingerprint density at radius 2 is 1.95 bits per heavy atom. The SMILES string of the molecule is CC(CC(=O)NC1CCN(C)CC1)c1ccc(N)cc1. The average Bonchev–Trinajstić information content (AvgIpc) is 2.42. The molecule has 1 aliphatic rings. The second-order valence-corrected chi connectivity index (χ2v) is 5.92. The third-order valence-electron chi connectivity index (χ3n) is 4.08. The highest BCUT2D eigenvalue weighted by Crippen LogP contribution is 2.20. The van der Waals surface area contributed by atoms with Crippen LogP contribution in [-0.4, -0.2) is 37.0 Å². The van der Waals surface area contributed by atoms with E-state index in [0.717, 1.165) is 37.2 Å². The molecule has 20 heavy (non-hydrogen) atoms. The second-order valence-electron chi connectivity index (χ2n) is 5.92. The van der Waals surface area contributed by atoms with E-state index in [1.54, 1.807) is 0 Å². The topological polar surface area (TPSA) is 58.4 Å². The molecule has 1 atom stereocenters. The number of piperidine rings is 1. The van der Waals surface area contributed by atoms with Gasteiger partial charge in [-0.1, -0.05) is 19.1 Å². The Morgan fingerprint density at radius 1 is 1.35 bits per heavy atom. The zero-order valence-corrected chi connectivity index (χ0v) is 12.4. The van der Waals surface area contributed by atoms with Gasteiger partial charge in [0.1, 0.15) is 0 Å². The van der Waals surface area contributed by atoms with Crippen LogP contribution in [0.15, 0.2) is 24.3 Å². The molecular weight excluding hydrogens is 250 g/mol. The van der Waals surface area contributed by atoms with Crippen molar-refractivity contribution in [1.82, 2.24) is 10.2 Å². The number of rotatable bonds is 4. The molecular formula is C16H25N3O. The molecule has 0 bridgehead atoms. The van der Waals surface area contributed by atoms with Gasteiger partial charge < -0.3 is 16.0 Å². The van der Waals surface area contributed by atoms with E-state index in [-0.39, 0.29) is 11.8 Å². The van der Waals surface area contributed by atoms with Crippen molar-refractivity contribution in [1.29, 1.82) is 0 Å². The minimum absolute atomic E-state index is 0.156. The molecule has 1 aromatic rings. The Hall–Kier alpha value is -1.55. The molecule has 0 aliphatic carbocycles. The van der Waals surface area contributed by atoms with Crippen LogP contribution in [-0.2, 0) is 4.79 Å². The number of benzene rings is 1. The summed E-state index contributed by atoms with van der Waals surface area (Å²) in [4.78, 5) is 14.4. The van der Waals surface area contributed by atoms with Gasteiger partial charge in [-0.15, -0.1) is 0 Å². The van der Waals surface area contributed by atoms with Crippen molar-refractivity contribution < 1.29 is 4.79 Å². The summed E-state index contributed by atoms with van der Waals surface area (Å²) in [6.45, 7) is 4.22.